The van der Waals surface area contributed by atoms with Gasteiger partial charge in [0.25, 0.3) is 0 Å². The summed E-state index contributed by atoms with van der Waals surface area (Å²) in [7, 11) is 0. The Morgan fingerprint density at radius 3 is 2.82 bits per heavy atom. The summed E-state index contributed by atoms with van der Waals surface area (Å²) >= 11 is 0. The summed E-state index contributed by atoms with van der Waals surface area (Å²) in [5, 5.41) is 4.33. The molecule has 2 aromatic rings. The van der Waals surface area contributed by atoms with Gasteiger partial charge in [-0.15, -0.1) is 0 Å². The molecule has 0 aliphatic rings. The first-order valence-electron chi connectivity index (χ1n) is 6.11. The van der Waals surface area contributed by atoms with Crippen molar-refractivity contribution in [3.63, 3.8) is 0 Å². The van der Waals surface area contributed by atoms with E-state index in [1.165, 1.54) is 0 Å². The average molecular weight is 230 g/mol. The van der Waals surface area contributed by atoms with Crippen molar-refractivity contribution >= 4 is 16.7 Å². The van der Waals surface area contributed by atoms with Crippen molar-refractivity contribution in [2.45, 2.75) is 20.3 Å². The zero-order valence-corrected chi connectivity index (χ0v) is 10.4. The normalized spacial score (nSPS) is 10.5. The van der Waals surface area contributed by atoms with Gasteiger partial charge in [0.15, 0.2) is 0 Å². The summed E-state index contributed by atoms with van der Waals surface area (Å²) in [5.74, 6) is 1.76. The molecule has 0 amide bonds. The van der Waals surface area contributed by atoms with Crippen LogP contribution in [0.1, 0.15) is 20.3 Å². The fraction of sp³-hybridized carbons (Fsp3) is 0.357. The molecule has 0 unspecified atom stereocenters. The Labute approximate surface area is 102 Å². The number of benzene rings is 1. The highest BCUT2D eigenvalue weighted by Gasteiger charge is 2.04. The van der Waals surface area contributed by atoms with Crippen molar-refractivity contribution in [2.24, 2.45) is 0 Å². The number of ether oxygens (including phenoxy) is 1. The molecule has 1 aromatic heterocycles. The monoisotopic (exact) mass is 230 g/mol. The summed E-state index contributed by atoms with van der Waals surface area (Å²) in [5.41, 5.74) is 0.930. The van der Waals surface area contributed by atoms with Gasteiger partial charge in [-0.1, -0.05) is 19.1 Å². The molecule has 1 aromatic carbocycles. The van der Waals surface area contributed by atoms with Crippen LogP contribution in [0, 0.1) is 0 Å². The van der Waals surface area contributed by atoms with Crippen LogP contribution in [0.2, 0.25) is 0 Å². The van der Waals surface area contributed by atoms with E-state index in [1.807, 2.05) is 18.2 Å². The molecule has 1 N–H and O–H groups in total. The number of aromatic nitrogens is 1. The summed E-state index contributed by atoms with van der Waals surface area (Å²) in [6, 6.07) is 10.1. The van der Waals surface area contributed by atoms with Gasteiger partial charge < -0.3 is 10.1 Å². The van der Waals surface area contributed by atoms with E-state index in [2.05, 4.69) is 36.3 Å². The van der Waals surface area contributed by atoms with Crippen molar-refractivity contribution < 1.29 is 4.74 Å². The fourth-order valence-electron chi connectivity index (χ4n) is 1.73. The molecule has 0 bridgehead atoms. The van der Waals surface area contributed by atoms with Crippen LogP contribution in [0.15, 0.2) is 30.3 Å². The standard InChI is InChI=1S/C14H18N2O/c1-3-10-17-12-7-5-6-11-8-9-13(15-4-2)16-14(11)12/h5-9H,3-4,10H2,1-2H3,(H,15,16). The minimum atomic E-state index is 0.728. The third kappa shape index (κ3) is 2.67. The third-order valence-corrected chi connectivity index (χ3v) is 2.50. The molecule has 0 aliphatic heterocycles. The van der Waals surface area contributed by atoms with Crippen LogP contribution < -0.4 is 10.1 Å². The van der Waals surface area contributed by atoms with Crippen molar-refractivity contribution in [2.75, 3.05) is 18.5 Å². The van der Waals surface area contributed by atoms with Crippen LogP contribution in [-0.2, 0) is 0 Å². The van der Waals surface area contributed by atoms with Gasteiger partial charge in [0.2, 0.25) is 0 Å². The predicted octanol–water partition coefficient (Wildman–Crippen LogP) is 3.46. The second-order valence-electron chi connectivity index (χ2n) is 3.90. The van der Waals surface area contributed by atoms with Gasteiger partial charge in [-0.3, -0.25) is 0 Å². The molecule has 3 nitrogen and oxygen atoms in total. The lowest BCUT2D eigenvalue weighted by Gasteiger charge is -2.09. The minimum Gasteiger partial charge on any atom is -0.491 e. The fourth-order valence-corrected chi connectivity index (χ4v) is 1.73. The van der Waals surface area contributed by atoms with Crippen molar-refractivity contribution in [1.29, 1.82) is 0 Å². The van der Waals surface area contributed by atoms with Gasteiger partial charge in [0.1, 0.15) is 17.1 Å². The van der Waals surface area contributed by atoms with E-state index in [1.54, 1.807) is 0 Å². The van der Waals surface area contributed by atoms with E-state index >= 15 is 0 Å². The number of anilines is 1. The molecular formula is C14H18N2O. The second-order valence-corrected chi connectivity index (χ2v) is 3.90. The SMILES string of the molecule is CCCOc1cccc2ccc(NCC)nc12. The molecule has 17 heavy (non-hydrogen) atoms. The Kier molecular flexibility index (Phi) is 3.81. The first-order valence-corrected chi connectivity index (χ1v) is 6.11. The second kappa shape index (κ2) is 5.53. The van der Waals surface area contributed by atoms with E-state index in [4.69, 9.17) is 4.74 Å². The molecule has 1 heterocycles. The summed E-state index contributed by atoms with van der Waals surface area (Å²) in [4.78, 5) is 4.58. The van der Waals surface area contributed by atoms with E-state index in [0.717, 1.165) is 42.0 Å². The van der Waals surface area contributed by atoms with Gasteiger partial charge in [0.05, 0.1) is 6.61 Å². The molecule has 0 saturated carbocycles. The number of pyridine rings is 1. The highest BCUT2D eigenvalue weighted by Crippen LogP contribution is 2.25. The molecule has 0 saturated heterocycles. The molecule has 0 aliphatic carbocycles. The maximum Gasteiger partial charge on any atom is 0.145 e. The molecule has 0 atom stereocenters. The third-order valence-electron chi connectivity index (χ3n) is 2.50. The van der Waals surface area contributed by atoms with Crippen molar-refractivity contribution in [3.8, 4) is 5.75 Å². The first-order chi connectivity index (χ1) is 8.35. The quantitative estimate of drug-likeness (QED) is 0.854. The van der Waals surface area contributed by atoms with E-state index < -0.39 is 0 Å². The van der Waals surface area contributed by atoms with Crippen LogP contribution in [0.25, 0.3) is 10.9 Å². The maximum absolute atomic E-state index is 5.71. The first kappa shape index (κ1) is 11.7. The maximum atomic E-state index is 5.71. The number of para-hydroxylation sites is 1. The van der Waals surface area contributed by atoms with Crippen LogP contribution in [0.5, 0.6) is 5.75 Å². The van der Waals surface area contributed by atoms with Crippen LogP contribution >= 0.6 is 0 Å². The van der Waals surface area contributed by atoms with Crippen LogP contribution in [0.4, 0.5) is 5.82 Å². The molecule has 0 spiro atoms. The Bertz CT molecular complexity index is 497. The molecule has 90 valence electrons. The van der Waals surface area contributed by atoms with E-state index in [0.29, 0.717) is 0 Å². The molecular weight excluding hydrogens is 212 g/mol. The van der Waals surface area contributed by atoms with Gasteiger partial charge in [0, 0.05) is 11.9 Å². The Balaban J connectivity index is 2.40. The lowest BCUT2D eigenvalue weighted by molar-refractivity contribution is 0.320. The summed E-state index contributed by atoms with van der Waals surface area (Å²) < 4.78 is 5.71. The zero-order chi connectivity index (χ0) is 12.1. The van der Waals surface area contributed by atoms with Gasteiger partial charge in [-0.05, 0) is 31.5 Å². The number of nitrogens with one attached hydrogen (secondary N) is 1. The molecule has 2 rings (SSSR count). The van der Waals surface area contributed by atoms with Crippen LogP contribution in [0.3, 0.4) is 0 Å². The highest BCUT2D eigenvalue weighted by molar-refractivity contribution is 5.85. The van der Waals surface area contributed by atoms with E-state index in [-0.39, 0.29) is 0 Å². The number of hydrogen-bond acceptors (Lipinski definition) is 3. The lowest BCUT2D eigenvalue weighted by atomic mass is 10.2. The Hall–Kier alpha value is -1.77. The smallest absolute Gasteiger partial charge is 0.145 e. The van der Waals surface area contributed by atoms with Gasteiger partial charge in [-0.2, -0.15) is 0 Å². The topological polar surface area (TPSA) is 34.1 Å². The van der Waals surface area contributed by atoms with Crippen molar-refractivity contribution in [1.82, 2.24) is 4.98 Å². The number of rotatable bonds is 5. The Morgan fingerprint density at radius 1 is 1.18 bits per heavy atom. The summed E-state index contributed by atoms with van der Waals surface area (Å²) in [6.45, 7) is 5.76. The zero-order valence-electron chi connectivity index (χ0n) is 10.4. The van der Waals surface area contributed by atoms with E-state index in [9.17, 15) is 0 Å². The predicted molar refractivity (Wildman–Crippen MR) is 71.7 cm³/mol. The van der Waals surface area contributed by atoms with Crippen molar-refractivity contribution in [3.05, 3.63) is 30.3 Å². The van der Waals surface area contributed by atoms with Crippen LogP contribution in [-0.4, -0.2) is 18.1 Å². The minimum absolute atomic E-state index is 0.728. The molecule has 3 heteroatoms. The largest absolute Gasteiger partial charge is 0.491 e. The van der Waals surface area contributed by atoms with Gasteiger partial charge >= 0.3 is 0 Å². The molecule has 0 fully saturated rings. The highest BCUT2D eigenvalue weighted by atomic mass is 16.5. The van der Waals surface area contributed by atoms with Gasteiger partial charge in [-0.25, -0.2) is 4.98 Å². The average Bonchev–Trinajstić information content (AvgIpc) is 2.36. The number of hydrogen-bond donors (Lipinski definition) is 1. The lowest BCUT2D eigenvalue weighted by Crippen LogP contribution is -2.00. The number of nitrogens with zero attached hydrogens (tertiary/aromatic N) is 1. The number of fused-ring (bicyclic) bond motifs is 1. The Morgan fingerprint density at radius 2 is 2.06 bits per heavy atom. The summed E-state index contributed by atoms with van der Waals surface area (Å²) in [6.07, 6.45) is 1.00. The molecule has 0 radical (unpaired) electrons.